The lowest BCUT2D eigenvalue weighted by Gasteiger charge is -2.36. The van der Waals surface area contributed by atoms with Crippen LogP contribution in [0.4, 0.5) is 0 Å². The molecule has 2 rings (SSSR count). The lowest BCUT2D eigenvalue weighted by atomic mass is 9.92. The van der Waals surface area contributed by atoms with Gasteiger partial charge in [-0.05, 0) is 12.8 Å². The van der Waals surface area contributed by atoms with E-state index in [9.17, 15) is 4.79 Å². The number of rotatable bonds is 3. The number of nitrogens with one attached hydrogen (secondary N) is 1. The maximum Gasteiger partial charge on any atom is 0.254 e. The summed E-state index contributed by atoms with van der Waals surface area (Å²) in [5.74, 6) is -0.132. The molecule has 0 aliphatic carbocycles. The highest BCUT2D eigenvalue weighted by atomic mass is 79.9. The number of hydrogen-bond acceptors (Lipinski definition) is 4. The number of carbonyl (C=O) groups excluding carboxylic acids is 1. The van der Waals surface area contributed by atoms with E-state index >= 15 is 0 Å². The van der Waals surface area contributed by atoms with Gasteiger partial charge in [-0.15, -0.1) is 0 Å². The van der Waals surface area contributed by atoms with Crippen molar-refractivity contribution >= 4 is 21.8 Å². The molecular weight excluding hydrogens is 286 g/mol. The summed E-state index contributed by atoms with van der Waals surface area (Å²) in [5.41, 5.74) is 0.268. The minimum atomic E-state index is -0.217. The lowest BCUT2D eigenvalue weighted by molar-refractivity contribution is 0.0441. The fraction of sp³-hybridized carbons (Fsp3) is 0.545. The molecule has 1 saturated heterocycles. The zero-order valence-corrected chi connectivity index (χ0v) is 10.9. The Morgan fingerprint density at radius 1 is 1.41 bits per heavy atom. The van der Waals surface area contributed by atoms with Gasteiger partial charge in [-0.2, -0.15) is 0 Å². The Morgan fingerprint density at radius 2 is 2.06 bits per heavy atom. The number of aromatic nitrogens is 2. The molecule has 6 heteroatoms. The molecule has 0 spiro atoms. The molecule has 1 N–H and O–H groups in total. The highest BCUT2D eigenvalue weighted by molar-refractivity contribution is 9.09. The summed E-state index contributed by atoms with van der Waals surface area (Å²) in [6.45, 7) is 1.36. The van der Waals surface area contributed by atoms with Crippen molar-refractivity contribution in [3.63, 3.8) is 0 Å². The van der Waals surface area contributed by atoms with Gasteiger partial charge in [-0.25, -0.2) is 9.97 Å². The van der Waals surface area contributed by atoms with Crippen LogP contribution in [0, 0.1) is 0 Å². The largest absolute Gasteiger partial charge is 0.381 e. The Bertz CT molecular complexity index is 380. The first-order valence-electron chi connectivity index (χ1n) is 5.47. The van der Waals surface area contributed by atoms with E-state index in [1.54, 1.807) is 0 Å². The number of carbonyl (C=O) groups is 1. The molecule has 1 aliphatic heterocycles. The highest BCUT2D eigenvalue weighted by Gasteiger charge is 2.33. The molecule has 17 heavy (non-hydrogen) atoms. The molecule has 1 amide bonds. The molecule has 0 unspecified atom stereocenters. The summed E-state index contributed by atoms with van der Waals surface area (Å²) in [6, 6.07) is 0. The van der Waals surface area contributed by atoms with Crippen LogP contribution in [0.15, 0.2) is 18.7 Å². The molecular formula is C11H14BrN3O2. The van der Waals surface area contributed by atoms with Crippen molar-refractivity contribution in [3.05, 3.63) is 24.3 Å². The second-order valence-corrected chi connectivity index (χ2v) is 4.67. The average Bonchev–Trinajstić information content (AvgIpc) is 2.41. The van der Waals surface area contributed by atoms with Crippen molar-refractivity contribution in [2.24, 2.45) is 0 Å². The van der Waals surface area contributed by atoms with E-state index in [1.165, 1.54) is 18.7 Å². The number of ether oxygens (including phenoxy) is 1. The van der Waals surface area contributed by atoms with Gasteiger partial charge in [0.2, 0.25) is 0 Å². The Labute approximate surface area is 108 Å². The van der Waals surface area contributed by atoms with Crippen LogP contribution < -0.4 is 5.32 Å². The first-order chi connectivity index (χ1) is 8.26. The normalized spacial score (nSPS) is 18.6. The van der Waals surface area contributed by atoms with Crippen LogP contribution in [-0.4, -0.2) is 40.0 Å². The number of amides is 1. The molecule has 1 aromatic heterocycles. The molecule has 1 aromatic rings. The van der Waals surface area contributed by atoms with Crippen LogP contribution >= 0.6 is 15.9 Å². The minimum absolute atomic E-state index is 0.132. The molecule has 1 fully saturated rings. The number of alkyl halides is 1. The van der Waals surface area contributed by atoms with Crippen molar-refractivity contribution < 1.29 is 9.53 Å². The number of hydrogen-bond donors (Lipinski definition) is 1. The van der Waals surface area contributed by atoms with Crippen molar-refractivity contribution in [2.45, 2.75) is 18.4 Å². The summed E-state index contributed by atoms with van der Waals surface area (Å²) in [7, 11) is 0. The molecule has 0 aromatic carbocycles. The van der Waals surface area contributed by atoms with Crippen LogP contribution in [0.25, 0.3) is 0 Å². The zero-order chi connectivity index (χ0) is 12.1. The topological polar surface area (TPSA) is 64.1 Å². The van der Waals surface area contributed by atoms with E-state index in [0.29, 0.717) is 18.8 Å². The molecule has 92 valence electrons. The lowest BCUT2D eigenvalue weighted by Crippen LogP contribution is -2.53. The molecule has 0 radical (unpaired) electrons. The van der Waals surface area contributed by atoms with E-state index < -0.39 is 0 Å². The SMILES string of the molecule is O=C(NC1(CBr)CCOCC1)c1cncnc1. The van der Waals surface area contributed by atoms with Gasteiger partial charge < -0.3 is 10.1 Å². The maximum absolute atomic E-state index is 12.0. The predicted octanol–water partition coefficient (Wildman–Crippen LogP) is 1.15. The van der Waals surface area contributed by atoms with Crippen LogP contribution in [0.1, 0.15) is 23.2 Å². The van der Waals surface area contributed by atoms with Gasteiger partial charge in [0.15, 0.2) is 0 Å². The quantitative estimate of drug-likeness (QED) is 0.851. The standard InChI is InChI=1S/C11H14BrN3O2/c12-7-11(1-3-17-4-2-11)15-10(16)9-5-13-8-14-6-9/h5-6,8H,1-4,7H2,(H,15,16). The first kappa shape index (κ1) is 12.4. The average molecular weight is 300 g/mol. The van der Waals surface area contributed by atoms with Crippen LogP contribution in [0.5, 0.6) is 0 Å². The smallest absolute Gasteiger partial charge is 0.254 e. The van der Waals surface area contributed by atoms with Gasteiger partial charge >= 0.3 is 0 Å². The Morgan fingerprint density at radius 3 is 2.65 bits per heavy atom. The van der Waals surface area contributed by atoms with E-state index in [2.05, 4.69) is 31.2 Å². The summed E-state index contributed by atoms with van der Waals surface area (Å²) in [5, 5.41) is 3.78. The monoisotopic (exact) mass is 299 g/mol. The molecule has 1 aliphatic rings. The van der Waals surface area contributed by atoms with Gasteiger partial charge in [0, 0.05) is 30.9 Å². The zero-order valence-electron chi connectivity index (χ0n) is 9.36. The molecule has 0 bridgehead atoms. The van der Waals surface area contributed by atoms with E-state index in [1.807, 2.05) is 0 Å². The van der Waals surface area contributed by atoms with Gasteiger partial charge in [-0.3, -0.25) is 4.79 Å². The molecule has 0 saturated carbocycles. The van der Waals surface area contributed by atoms with E-state index in [-0.39, 0.29) is 11.4 Å². The summed E-state index contributed by atoms with van der Waals surface area (Å²) in [6.07, 6.45) is 6.08. The summed E-state index contributed by atoms with van der Waals surface area (Å²) in [4.78, 5) is 19.7. The second kappa shape index (κ2) is 5.55. The van der Waals surface area contributed by atoms with Gasteiger partial charge in [0.1, 0.15) is 6.33 Å². The van der Waals surface area contributed by atoms with Crippen molar-refractivity contribution in [2.75, 3.05) is 18.5 Å². The molecule has 0 atom stereocenters. The van der Waals surface area contributed by atoms with Crippen molar-refractivity contribution in [3.8, 4) is 0 Å². The second-order valence-electron chi connectivity index (χ2n) is 4.11. The van der Waals surface area contributed by atoms with Crippen molar-refractivity contribution in [1.82, 2.24) is 15.3 Å². The van der Waals surface area contributed by atoms with Crippen molar-refractivity contribution in [1.29, 1.82) is 0 Å². The van der Waals surface area contributed by atoms with Crippen LogP contribution in [0.3, 0.4) is 0 Å². The Kier molecular flexibility index (Phi) is 4.06. The van der Waals surface area contributed by atoms with E-state index in [4.69, 9.17) is 4.74 Å². The maximum atomic E-state index is 12.0. The van der Waals surface area contributed by atoms with Gasteiger partial charge in [-0.1, -0.05) is 15.9 Å². The van der Waals surface area contributed by atoms with Crippen LogP contribution in [0.2, 0.25) is 0 Å². The fourth-order valence-electron chi connectivity index (χ4n) is 1.78. The summed E-state index contributed by atoms with van der Waals surface area (Å²) >= 11 is 3.47. The number of nitrogens with zero attached hydrogens (tertiary/aromatic N) is 2. The van der Waals surface area contributed by atoms with Crippen LogP contribution in [-0.2, 0) is 4.74 Å². The molecule has 2 heterocycles. The third kappa shape index (κ3) is 3.01. The third-order valence-electron chi connectivity index (χ3n) is 2.91. The summed E-state index contributed by atoms with van der Waals surface area (Å²) < 4.78 is 5.32. The highest BCUT2D eigenvalue weighted by Crippen LogP contribution is 2.23. The van der Waals surface area contributed by atoms with Gasteiger partial charge in [0.05, 0.1) is 11.1 Å². The predicted molar refractivity (Wildman–Crippen MR) is 66.1 cm³/mol. The Balaban J connectivity index is 2.06. The third-order valence-corrected chi connectivity index (χ3v) is 3.98. The molecule has 5 nitrogen and oxygen atoms in total. The van der Waals surface area contributed by atoms with Gasteiger partial charge in [0.25, 0.3) is 5.91 Å². The Hall–Kier alpha value is -1.01. The fourth-order valence-corrected chi connectivity index (χ4v) is 2.48. The minimum Gasteiger partial charge on any atom is -0.381 e. The number of halogens is 1. The first-order valence-corrected chi connectivity index (χ1v) is 6.59. The van der Waals surface area contributed by atoms with E-state index in [0.717, 1.165) is 18.2 Å².